The van der Waals surface area contributed by atoms with E-state index in [1.54, 1.807) is 32.0 Å². The molecule has 0 spiro atoms. The van der Waals surface area contributed by atoms with Crippen LogP contribution in [-0.4, -0.2) is 28.6 Å². The fraction of sp³-hybridized carbons (Fsp3) is 0.133. The molecule has 25 heavy (non-hydrogen) atoms. The van der Waals surface area contributed by atoms with Crippen molar-refractivity contribution in [3.05, 3.63) is 57.8 Å². The lowest BCUT2D eigenvalue weighted by Crippen LogP contribution is -2.13. The Morgan fingerprint density at radius 2 is 1.80 bits per heavy atom. The number of halogens is 2. The molecule has 1 heterocycles. The highest BCUT2D eigenvalue weighted by Gasteiger charge is 2.26. The van der Waals surface area contributed by atoms with Crippen LogP contribution in [-0.2, 0) is 10.1 Å². The summed E-state index contributed by atoms with van der Waals surface area (Å²) in [7, 11) is -4.15. The largest absolute Gasteiger partial charge is 0.379 e. The zero-order valence-corrected chi connectivity index (χ0v) is 15.5. The minimum absolute atomic E-state index is 0.0900. The summed E-state index contributed by atoms with van der Waals surface area (Å²) >= 11 is 12.2. The van der Waals surface area contributed by atoms with Crippen LogP contribution < -0.4 is 4.18 Å². The minimum Gasteiger partial charge on any atom is -0.379 e. The van der Waals surface area contributed by atoms with Crippen molar-refractivity contribution in [3.63, 3.8) is 0 Å². The van der Waals surface area contributed by atoms with Gasteiger partial charge < -0.3 is 4.18 Å². The van der Waals surface area contributed by atoms with E-state index in [2.05, 4.69) is 15.5 Å². The maximum Gasteiger partial charge on any atom is 0.341 e. The molecule has 0 aliphatic rings. The average molecular weight is 399 g/mol. The van der Waals surface area contributed by atoms with Crippen molar-refractivity contribution in [2.45, 2.75) is 18.7 Å². The molecule has 1 aromatic heterocycles. The second kappa shape index (κ2) is 6.62. The van der Waals surface area contributed by atoms with E-state index in [0.717, 1.165) is 0 Å². The third-order valence-corrected chi connectivity index (χ3v) is 5.91. The van der Waals surface area contributed by atoms with E-state index in [1.807, 2.05) is 0 Å². The van der Waals surface area contributed by atoms with Gasteiger partial charge >= 0.3 is 10.1 Å². The van der Waals surface area contributed by atoms with Gasteiger partial charge in [-0.25, -0.2) is 4.68 Å². The highest BCUT2D eigenvalue weighted by Crippen LogP contribution is 2.34. The van der Waals surface area contributed by atoms with Crippen LogP contribution >= 0.6 is 23.2 Å². The third kappa shape index (κ3) is 3.46. The van der Waals surface area contributed by atoms with Crippen molar-refractivity contribution in [2.24, 2.45) is 0 Å². The summed E-state index contributed by atoms with van der Waals surface area (Å²) in [5.74, 6) is 0.130. The minimum atomic E-state index is -4.15. The van der Waals surface area contributed by atoms with Crippen LogP contribution in [0.2, 0.25) is 10.0 Å². The van der Waals surface area contributed by atoms with Gasteiger partial charge in [0.1, 0.15) is 17.0 Å². The van der Waals surface area contributed by atoms with Gasteiger partial charge in [0.15, 0.2) is 0 Å². The summed E-state index contributed by atoms with van der Waals surface area (Å²) in [6, 6.07) is 7.85. The van der Waals surface area contributed by atoms with Crippen molar-refractivity contribution in [1.29, 1.82) is 0 Å². The molecule has 0 N–H and O–H groups in total. The predicted molar refractivity (Wildman–Crippen MR) is 92.9 cm³/mol. The molecule has 0 saturated heterocycles. The molecule has 10 heteroatoms. The second-order valence-corrected chi connectivity index (χ2v) is 7.50. The van der Waals surface area contributed by atoms with Crippen molar-refractivity contribution in [1.82, 2.24) is 20.2 Å². The van der Waals surface area contributed by atoms with E-state index in [9.17, 15) is 8.42 Å². The van der Waals surface area contributed by atoms with Crippen molar-refractivity contribution in [2.75, 3.05) is 0 Å². The monoisotopic (exact) mass is 398 g/mol. The normalized spacial score (nSPS) is 11.5. The van der Waals surface area contributed by atoms with Crippen LogP contribution in [0.25, 0.3) is 5.69 Å². The van der Waals surface area contributed by atoms with Gasteiger partial charge in [-0.15, -0.1) is 5.10 Å². The summed E-state index contributed by atoms with van der Waals surface area (Å²) in [5, 5.41) is 11.2. The first-order valence-electron chi connectivity index (χ1n) is 7.02. The van der Waals surface area contributed by atoms with Gasteiger partial charge in [0.05, 0.1) is 10.7 Å². The molecule has 2 aromatic carbocycles. The molecular weight excluding hydrogens is 387 g/mol. The number of hydrogen-bond donors (Lipinski definition) is 0. The Morgan fingerprint density at radius 3 is 2.40 bits per heavy atom. The first kappa shape index (κ1) is 17.7. The molecule has 0 aliphatic carbocycles. The maximum absolute atomic E-state index is 12.7. The molecule has 130 valence electrons. The Balaban J connectivity index is 1.95. The lowest BCUT2D eigenvalue weighted by molar-refractivity contribution is 0.485. The lowest BCUT2D eigenvalue weighted by atomic mass is 10.2. The van der Waals surface area contributed by atoms with E-state index in [4.69, 9.17) is 27.4 Å². The Kier molecular flexibility index (Phi) is 4.68. The lowest BCUT2D eigenvalue weighted by Gasteiger charge is -2.14. The van der Waals surface area contributed by atoms with E-state index < -0.39 is 10.1 Å². The van der Waals surface area contributed by atoms with Gasteiger partial charge in [-0.1, -0.05) is 23.2 Å². The molecule has 3 rings (SSSR count). The van der Waals surface area contributed by atoms with Gasteiger partial charge in [0.25, 0.3) is 0 Å². The first-order valence-corrected chi connectivity index (χ1v) is 9.19. The van der Waals surface area contributed by atoms with Gasteiger partial charge in [0.2, 0.25) is 0 Å². The number of hydrogen-bond acceptors (Lipinski definition) is 6. The molecular formula is C15H12Cl2N4O3S. The molecule has 0 radical (unpaired) electrons. The van der Waals surface area contributed by atoms with Crippen molar-refractivity contribution < 1.29 is 12.6 Å². The van der Waals surface area contributed by atoms with E-state index >= 15 is 0 Å². The SMILES string of the molecule is Cc1cc(Cl)c(C)c(S(=O)(=O)Oc2ccc(-n3cnnn3)cc2)c1Cl. The standard InChI is InChI=1S/C15H12Cl2N4O3S/c1-9-7-13(16)10(2)15(14(9)17)25(22,23)24-12-5-3-11(4-6-12)21-8-18-19-20-21/h3-8H,1-2H3. The number of benzene rings is 2. The van der Waals surface area contributed by atoms with Crippen LogP contribution in [0.4, 0.5) is 0 Å². The van der Waals surface area contributed by atoms with Crippen molar-refractivity contribution in [3.8, 4) is 11.4 Å². The molecule has 0 aliphatic heterocycles. The van der Waals surface area contributed by atoms with Crippen LogP contribution in [0.15, 0.2) is 41.6 Å². The van der Waals surface area contributed by atoms with Gasteiger partial charge in [-0.3, -0.25) is 0 Å². The second-order valence-electron chi connectivity index (χ2n) is 5.23. The molecule has 0 unspecified atom stereocenters. The summed E-state index contributed by atoms with van der Waals surface area (Å²) in [4.78, 5) is -0.135. The number of rotatable bonds is 4. The fourth-order valence-electron chi connectivity index (χ4n) is 2.21. The summed E-state index contributed by atoms with van der Waals surface area (Å²) in [5.41, 5.74) is 1.54. The third-order valence-electron chi connectivity index (χ3n) is 3.49. The van der Waals surface area contributed by atoms with Crippen LogP contribution in [0.1, 0.15) is 11.1 Å². The average Bonchev–Trinajstić information content (AvgIpc) is 3.08. The predicted octanol–water partition coefficient (Wildman–Crippen LogP) is 3.35. The maximum atomic E-state index is 12.7. The Labute approximate surface area is 154 Å². The zero-order chi connectivity index (χ0) is 18.2. The first-order chi connectivity index (χ1) is 11.8. The molecule has 0 fully saturated rings. The molecule has 0 bridgehead atoms. The molecule has 0 atom stereocenters. The fourth-order valence-corrected chi connectivity index (χ4v) is 4.32. The summed E-state index contributed by atoms with van der Waals surface area (Å²) < 4.78 is 31.9. The van der Waals surface area contributed by atoms with Crippen LogP contribution in [0, 0.1) is 13.8 Å². The topological polar surface area (TPSA) is 87.0 Å². The highest BCUT2D eigenvalue weighted by molar-refractivity contribution is 7.87. The summed E-state index contributed by atoms with van der Waals surface area (Å²) in [6.45, 7) is 3.25. The Bertz CT molecular complexity index is 994. The quantitative estimate of drug-likeness (QED) is 0.626. The zero-order valence-electron chi connectivity index (χ0n) is 13.1. The highest BCUT2D eigenvalue weighted by atomic mass is 35.5. The number of nitrogens with zero attached hydrogens (tertiary/aromatic N) is 4. The Morgan fingerprint density at radius 1 is 1.12 bits per heavy atom. The van der Waals surface area contributed by atoms with Crippen LogP contribution in [0.3, 0.4) is 0 Å². The summed E-state index contributed by atoms with van der Waals surface area (Å²) in [6.07, 6.45) is 1.42. The van der Waals surface area contributed by atoms with Gasteiger partial charge in [-0.2, -0.15) is 8.42 Å². The Hall–Kier alpha value is -2.16. The van der Waals surface area contributed by atoms with E-state index in [-0.39, 0.29) is 15.7 Å². The number of tetrazole rings is 1. The molecule has 0 saturated carbocycles. The van der Waals surface area contributed by atoms with Gasteiger partial charge in [0, 0.05) is 5.02 Å². The van der Waals surface area contributed by atoms with Crippen molar-refractivity contribution >= 4 is 33.3 Å². The van der Waals surface area contributed by atoms with Crippen LogP contribution in [0.5, 0.6) is 5.75 Å². The number of aryl methyl sites for hydroxylation is 1. The molecule has 0 amide bonds. The molecule has 3 aromatic rings. The van der Waals surface area contributed by atoms with E-state index in [1.165, 1.54) is 23.1 Å². The number of aromatic nitrogens is 4. The van der Waals surface area contributed by atoms with Gasteiger partial charge in [-0.05, 0) is 65.7 Å². The smallest absolute Gasteiger partial charge is 0.341 e. The molecule has 7 nitrogen and oxygen atoms in total. The van der Waals surface area contributed by atoms with E-state index in [0.29, 0.717) is 21.8 Å².